The third-order valence-corrected chi connectivity index (χ3v) is 3.47. The van der Waals surface area contributed by atoms with Crippen molar-refractivity contribution in [1.29, 1.82) is 0 Å². The minimum absolute atomic E-state index is 0.0810. The number of rotatable bonds is 6. The molecule has 0 unspecified atom stereocenters. The second kappa shape index (κ2) is 7.38. The highest BCUT2D eigenvalue weighted by Crippen LogP contribution is 2.28. The summed E-state index contributed by atoms with van der Waals surface area (Å²) in [7, 11) is 1.47. The van der Waals surface area contributed by atoms with Crippen LogP contribution in [0.3, 0.4) is 0 Å². The van der Waals surface area contributed by atoms with E-state index in [4.69, 9.17) is 14.0 Å². The summed E-state index contributed by atoms with van der Waals surface area (Å²) in [4.78, 5) is 23.4. The van der Waals surface area contributed by atoms with Crippen molar-refractivity contribution in [3.05, 3.63) is 35.5 Å². The van der Waals surface area contributed by atoms with Gasteiger partial charge in [-0.05, 0) is 25.1 Å². The lowest BCUT2D eigenvalue weighted by Crippen LogP contribution is -2.20. The van der Waals surface area contributed by atoms with Crippen molar-refractivity contribution in [3.8, 4) is 11.5 Å². The van der Waals surface area contributed by atoms with Crippen molar-refractivity contribution >= 4 is 17.6 Å². The lowest BCUT2D eigenvalue weighted by molar-refractivity contribution is -0.118. The molecule has 1 N–H and O–H groups in total. The molecule has 1 aromatic heterocycles. The molecular weight excluding hydrogens is 324 g/mol. The number of nitrogens with one attached hydrogen (secondary N) is 1. The van der Waals surface area contributed by atoms with Crippen LogP contribution in [-0.4, -0.2) is 30.6 Å². The Kier molecular flexibility index (Phi) is 5.46. The molecule has 25 heavy (non-hydrogen) atoms. The van der Waals surface area contributed by atoms with Crippen molar-refractivity contribution in [2.24, 2.45) is 0 Å². The zero-order valence-electron chi connectivity index (χ0n) is 15.0. The summed E-state index contributed by atoms with van der Waals surface area (Å²) in [6, 6.07) is 6.46. The van der Waals surface area contributed by atoms with E-state index < -0.39 is 5.91 Å². The first-order valence-corrected chi connectivity index (χ1v) is 7.79. The first kappa shape index (κ1) is 18.5. The number of ether oxygens (including phenoxy) is 2. The summed E-state index contributed by atoms with van der Waals surface area (Å²) in [6.45, 7) is 7.22. The maximum absolute atomic E-state index is 12.0. The SMILES string of the molecule is COc1cc(C(C)=O)ccc1OCC(=O)Nc1cc(C(C)(C)C)no1. The number of carbonyl (C=O) groups excluding carboxylic acids is 2. The Hall–Kier alpha value is -2.83. The van der Waals surface area contributed by atoms with Gasteiger partial charge in [0, 0.05) is 17.0 Å². The molecule has 1 amide bonds. The first-order valence-electron chi connectivity index (χ1n) is 7.79. The fourth-order valence-electron chi connectivity index (χ4n) is 2.01. The van der Waals surface area contributed by atoms with Gasteiger partial charge in [0.1, 0.15) is 0 Å². The Bertz CT molecular complexity index is 774. The molecule has 0 bridgehead atoms. The van der Waals surface area contributed by atoms with Gasteiger partial charge >= 0.3 is 0 Å². The maximum Gasteiger partial charge on any atom is 0.264 e. The van der Waals surface area contributed by atoms with Gasteiger partial charge in [-0.2, -0.15) is 0 Å². The van der Waals surface area contributed by atoms with Crippen molar-refractivity contribution in [2.75, 3.05) is 19.0 Å². The maximum atomic E-state index is 12.0. The second-order valence-electron chi connectivity index (χ2n) is 6.59. The van der Waals surface area contributed by atoms with Gasteiger partial charge in [0.05, 0.1) is 12.8 Å². The minimum atomic E-state index is -0.394. The van der Waals surface area contributed by atoms with Crippen LogP contribution in [-0.2, 0) is 10.2 Å². The first-order chi connectivity index (χ1) is 11.7. The standard InChI is InChI=1S/C18H22N2O5/c1-11(21)12-6-7-13(14(8-12)23-5)24-10-16(22)19-17-9-15(20-25-17)18(2,3)4/h6-9H,10H2,1-5H3,(H,19,22). The van der Waals surface area contributed by atoms with Gasteiger partial charge in [-0.1, -0.05) is 25.9 Å². The van der Waals surface area contributed by atoms with Crippen LogP contribution in [0.5, 0.6) is 11.5 Å². The van der Waals surface area contributed by atoms with Crippen LogP contribution in [0.15, 0.2) is 28.8 Å². The highest BCUT2D eigenvalue weighted by Gasteiger charge is 2.20. The molecule has 0 saturated heterocycles. The summed E-state index contributed by atoms with van der Waals surface area (Å²) >= 11 is 0. The predicted molar refractivity (Wildman–Crippen MR) is 92.3 cm³/mol. The largest absolute Gasteiger partial charge is 0.493 e. The Morgan fingerprint density at radius 3 is 2.48 bits per heavy atom. The number of hydrogen-bond donors (Lipinski definition) is 1. The zero-order chi connectivity index (χ0) is 18.6. The van der Waals surface area contributed by atoms with Crippen LogP contribution < -0.4 is 14.8 Å². The lowest BCUT2D eigenvalue weighted by Gasteiger charge is -2.12. The summed E-state index contributed by atoms with van der Waals surface area (Å²) in [5.41, 5.74) is 1.07. The Balaban J connectivity index is 1.98. The molecule has 0 atom stereocenters. The summed E-state index contributed by atoms with van der Waals surface area (Å²) in [5, 5.41) is 6.51. The van der Waals surface area contributed by atoms with Crippen molar-refractivity contribution in [2.45, 2.75) is 33.1 Å². The number of amides is 1. The van der Waals surface area contributed by atoms with E-state index in [1.54, 1.807) is 24.3 Å². The monoisotopic (exact) mass is 346 g/mol. The number of benzene rings is 1. The van der Waals surface area contributed by atoms with Crippen molar-refractivity contribution < 1.29 is 23.6 Å². The highest BCUT2D eigenvalue weighted by molar-refractivity contribution is 5.94. The number of methoxy groups -OCH3 is 1. The van der Waals surface area contributed by atoms with E-state index in [2.05, 4.69) is 10.5 Å². The fourth-order valence-corrected chi connectivity index (χ4v) is 2.01. The van der Waals surface area contributed by atoms with E-state index in [1.165, 1.54) is 14.0 Å². The van der Waals surface area contributed by atoms with Gasteiger partial charge < -0.3 is 14.0 Å². The number of nitrogens with zero attached hydrogens (tertiary/aromatic N) is 1. The van der Waals surface area contributed by atoms with E-state index in [0.29, 0.717) is 17.1 Å². The van der Waals surface area contributed by atoms with Gasteiger partial charge in [0.25, 0.3) is 5.91 Å². The smallest absolute Gasteiger partial charge is 0.264 e. The molecule has 0 fully saturated rings. The molecule has 7 heteroatoms. The third-order valence-electron chi connectivity index (χ3n) is 3.47. The van der Waals surface area contributed by atoms with Crippen LogP contribution in [0.4, 0.5) is 5.88 Å². The van der Waals surface area contributed by atoms with Gasteiger partial charge in [-0.15, -0.1) is 0 Å². The number of Topliss-reactive ketones (excluding diaryl/α,β-unsaturated/α-hetero) is 1. The number of hydrogen-bond acceptors (Lipinski definition) is 6. The second-order valence-corrected chi connectivity index (χ2v) is 6.59. The molecule has 1 heterocycles. The Morgan fingerprint density at radius 2 is 1.92 bits per heavy atom. The average molecular weight is 346 g/mol. The van der Waals surface area contributed by atoms with Gasteiger partial charge in [-0.25, -0.2) is 0 Å². The molecule has 2 rings (SSSR count). The molecule has 1 aromatic carbocycles. The lowest BCUT2D eigenvalue weighted by atomic mass is 9.92. The quantitative estimate of drug-likeness (QED) is 0.808. The number of carbonyl (C=O) groups is 2. The Labute approximate surface area is 146 Å². The molecular formula is C18H22N2O5. The normalized spacial score (nSPS) is 11.1. The third kappa shape index (κ3) is 4.82. The number of aromatic nitrogens is 1. The number of ketones is 1. The highest BCUT2D eigenvalue weighted by atomic mass is 16.5. The topological polar surface area (TPSA) is 90.7 Å². The van der Waals surface area contributed by atoms with Gasteiger partial charge in [0.15, 0.2) is 23.9 Å². The number of anilines is 1. The van der Waals surface area contributed by atoms with E-state index in [9.17, 15) is 9.59 Å². The molecule has 134 valence electrons. The molecule has 7 nitrogen and oxygen atoms in total. The van der Waals surface area contributed by atoms with Crippen LogP contribution in [0.25, 0.3) is 0 Å². The molecule has 0 aliphatic heterocycles. The van der Waals surface area contributed by atoms with Crippen LogP contribution in [0.2, 0.25) is 0 Å². The molecule has 0 aliphatic rings. The van der Waals surface area contributed by atoms with Crippen LogP contribution in [0.1, 0.15) is 43.7 Å². The molecule has 0 radical (unpaired) electrons. The summed E-state index contributed by atoms with van der Waals surface area (Å²) < 4.78 is 15.8. The molecule has 0 saturated carbocycles. The van der Waals surface area contributed by atoms with E-state index in [1.807, 2.05) is 20.8 Å². The van der Waals surface area contributed by atoms with Gasteiger partial charge in [0.2, 0.25) is 5.88 Å². The van der Waals surface area contributed by atoms with Crippen LogP contribution >= 0.6 is 0 Å². The van der Waals surface area contributed by atoms with Gasteiger partial charge in [-0.3, -0.25) is 14.9 Å². The van der Waals surface area contributed by atoms with E-state index in [0.717, 1.165) is 5.69 Å². The average Bonchev–Trinajstić information content (AvgIpc) is 3.01. The zero-order valence-corrected chi connectivity index (χ0v) is 15.0. The molecule has 0 aliphatic carbocycles. The fraction of sp³-hybridized carbons (Fsp3) is 0.389. The van der Waals surface area contributed by atoms with Crippen molar-refractivity contribution in [1.82, 2.24) is 5.16 Å². The Morgan fingerprint density at radius 1 is 1.20 bits per heavy atom. The predicted octanol–water partition coefficient (Wildman–Crippen LogP) is 3.20. The molecule has 0 spiro atoms. The van der Waals surface area contributed by atoms with Crippen LogP contribution in [0, 0.1) is 0 Å². The minimum Gasteiger partial charge on any atom is -0.493 e. The molecule has 2 aromatic rings. The summed E-state index contributed by atoms with van der Waals surface area (Å²) in [6.07, 6.45) is 0. The summed E-state index contributed by atoms with van der Waals surface area (Å²) in [5.74, 6) is 0.542. The van der Waals surface area contributed by atoms with Crippen molar-refractivity contribution in [3.63, 3.8) is 0 Å². The van der Waals surface area contributed by atoms with E-state index in [-0.39, 0.29) is 23.7 Å². The van der Waals surface area contributed by atoms with E-state index >= 15 is 0 Å².